The van der Waals surface area contributed by atoms with E-state index in [0.29, 0.717) is 6.54 Å². The Hall–Kier alpha value is -1.13. The van der Waals surface area contributed by atoms with Crippen LogP contribution >= 0.6 is 0 Å². The van der Waals surface area contributed by atoms with Crippen molar-refractivity contribution in [1.29, 1.82) is 0 Å². The van der Waals surface area contributed by atoms with Crippen molar-refractivity contribution in [2.45, 2.75) is 32.4 Å². The Kier molecular flexibility index (Phi) is 5.22. The van der Waals surface area contributed by atoms with Crippen LogP contribution in [0.15, 0.2) is 18.2 Å². The Morgan fingerprint density at radius 3 is 2.81 bits per heavy atom. The number of halogens is 1. The SMILES string of the molecule is CC(CCCO)NCc1ccc(O)c(F)c1. The molecular formula is C12H18FNO2. The maximum absolute atomic E-state index is 13.0. The summed E-state index contributed by atoms with van der Waals surface area (Å²) in [5, 5.41) is 20.9. The second-order valence-electron chi connectivity index (χ2n) is 3.93. The van der Waals surface area contributed by atoms with Crippen molar-refractivity contribution in [3.05, 3.63) is 29.6 Å². The van der Waals surface area contributed by atoms with Gasteiger partial charge in [0.1, 0.15) is 0 Å². The van der Waals surface area contributed by atoms with E-state index < -0.39 is 5.82 Å². The van der Waals surface area contributed by atoms with Crippen molar-refractivity contribution in [2.24, 2.45) is 0 Å². The number of hydrogen-bond donors (Lipinski definition) is 3. The highest BCUT2D eigenvalue weighted by molar-refractivity contribution is 5.27. The maximum atomic E-state index is 13.0. The zero-order valence-electron chi connectivity index (χ0n) is 9.41. The number of benzene rings is 1. The molecule has 0 aliphatic carbocycles. The lowest BCUT2D eigenvalue weighted by atomic mass is 10.1. The number of rotatable bonds is 6. The van der Waals surface area contributed by atoms with Crippen LogP contribution in [0.25, 0.3) is 0 Å². The molecule has 0 amide bonds. The molecule has 0 aliphatic rings. The van der Waals surface area contributed by atoms with Crippen LogP contribution in [0.5, 0.6) is 5.75 Å². The molecular weight excluding hydrogens is 209 g/mol. The molecule has 0 radical (unpaired) electrons. The lowest BCUT2D eigenvalue weighted by Gasteiger charge is -2.13. The van der Waals surface area contributed by atoms with Gasteiger partial charge in [0.2, 0.25) is 0 Å². The molecule has 0 fully saturated rings. The first-order valence-electron chi connectivity index (χ1n) is 5.45. The molecule has 0 bridgehead atoms. The summed E-state index contributed by atoms with van der Waals surface area (Å²) in [5.41, 5.74) is 0.797. The molecule has 0 aromatic heterocycles. The van der Waals surface area contributed by atoms with E-state index in [-0.39, 0.29) is 18.4 Å². The van der Waals surface area contributed by atoms with E-state index in [2.05, 4.69) is 5.32 Å². The number of aliphatic hydroxyl groups excluding tert-OH is 1. The highest BCUT2D eigenvalue weighted by Crippen LogP contribution is 2.16. The number of phenolic OH excluding ortho intramolecular Hbond substituents is 1. The molecule has 1 atom stereocenters. The van der Waals surface area contributed by atoms with E-state index in [1.165, 1.54) is 12.1 Å². The molecule has 3 nitrogen and oxygen atoms in total. The van der Waals surface area contributed by atoms with Gasteiger partial charge in [-0.3, -0.25) is 0 Å². The number of hydrogen-bond acceptors (Lipinski definition) is 3. The molecule has 90 valence electrons. The summed E-state index contributed by atoms with van der Waals surface area (Å²) < 4.78 is 13.0. The third kappa shape index (κ3) is 4.16. The second-order valence-corrected chi connectivity index (χ2v) is 3.93. The van der Waals surface area contributed by atoms with Crippen LogP contribution in [0.2, 0.25) is 0 Å². The van der Waals surface area contributed by atoms with Gasteiger partial charge in [-0.25, -0.2) is 4.39 Å². The van der Waals surface area contributed by atoms with E-state index in [9.17, 15) is 4.39 Å². The van der Waals surface area contributed by atoms with Crippen LogP contribution in [0, 0.1) is 5.82 Å². The number of aliphatic hydroxyl groups is 1. The van der Waals surface area contributed by atoms with Gasteiger partial charge in [0.25, 0.3) is 0 Å². The summed E-state index contributed by atoms with van der Waals surface area (Å²) in [5.74, 6) is -0.917. The van der Waals surface area contributed by atoms with E-state index in [1.54, 1.807) is 6.07 Å². The van der Waals surface area contributed by atoms with Gasteiger partial charge in [-0.05, 0) is 37.5 Å². The van der Waals surface area contributed by atoms with E-state index >= 15 is 0 Å². The molecule has 1 unspecified atom stereocenters. The van der Waals surface area contributed by atoms with Gasteiger partial charge < -0.3 is 15.5 Å². The van der Waals surface area contributed by atoms with E-state index in [4.69, 9.17) is 10.2 Å². The van der Waals surface area contributed by atoms with Crippen LogP contribution in [-0.2, 0) is 6.54 Å². The summed E-state index contributed by atoms with van der Waals surface area (Å²) in [6, 6.07) is 4.64. The smallest absolute Gasteiger partial charge is 0.165 e. The summed E-state index contributed by atoms with van der Waals surface area (Å²) in [4.78, 5) is 0. The Balaban J connectivity index is 2.39. The maximum Gasteiger partial charge on any atom is 0.165 e. The standard InChI is InChI=1S/C12H18FNO2/c1-9(3-2-6-15)14-8-10-4-5-12(16)11(13)7-10/h4-5,7,9,14-16H,2-3,6,8H2,1H3. The van der Waals surface area contributed by atoms with Crippen molar-refractivity contribution in [1.82, 2.24) is 5.32 Å². The largest absolute Gasteiger partial charge is 0.505 e. The third-order valence-corrected chi connectivity index (χ3v) is 2.46. The molecule has 1 aromatic rings. The van der Waals surface area contributed by atoms with Gasteiger partial charge >= 0.3 is 0 Å². The Morgan fingerprint density at radius 1 is 1.44 bits per heavy atom. The minimum Gasteiger partial charge on any atom is -0.505 e. The molecule has 0 heterocycles. The third-order valence-electron chi connectivity index (χ3n) is 2.46. The lowest BCUT2D eigenvalue weighted by molar-refractivity contribution is 0.276. The molecule has 16 heavy (non-hydrogen) atoms. The van der Waals surface area contributed by atoms with Crippen molar-refractivity contribution >= 4 is 0 Å². The van der Waals surface area contributed by atoms with Gasteiger partial charge in [0, 0.05) is 19.2 Å². The number of nitrogens with one attached hydrogen (secondary N) is 1. The Morgan fingerprint density at radius 2 is 2.19 bits per heavy atom. The van der Waals surface area contributed by atoms with Crippen LogP contribution in [0.1, 0.15) is 25.3 Å². The lowest BCUT2D eigenvalue weighted by Crippen LogP contribution is -2.25. The molecule has 0 saturated carbocycles. The van der Waals surface area contributed by atoms with Crippen molar-refractivity contribution in [2.75, 3.05) is 6.61 Å². The second kappa shape index (κ2) is 6.45. The van der Waals surface area contributed by atoms with Gasteiger partial charge in [0.05, 0.1) is 0 Å². The van der Waals surface area contributed by atoms with Crippen LogP contribution < -0.4 is 5.32 Å². The van der Waals surface area contributed by atoms with Gasteiger partial charge in [-0.2, -0.15) is 0 Å². The minimum atomic E-state index is -0.595. The highest BCUT2D eigenvalue weighted by Gasteiger charge is 2.04. The normalized spacial score (nSPS) is 12.7. The summed E-state index contributed by atoms with van der Waals surface area (Å²) in [6.45, 7) is 2.77. The first kappa shape index (κ1) is 12.9. The fourth-order valence-electron chi connectivity index (χ4n) is 1.45. The quantitative estimate of drug-likeness (QED) is 0.694. The van der Waals surface area contributed by atoms with Gasteiger partial charge in [-0.1, -0.05) is 6.07 Å². The van der Waals surface area contributed by atoms with Gasteiger partial charge in [0.15, 0.2) is 11.6 Å². The molecule has 0 saturated heterocycles. The topological polar surface area (TPSA) is 52.5 Å². The summed E-state index contributed by atoms with van der Waals surface area (Å²) in [7, 11) is 0. The fraction of sp³-hybridized carbons (Fsp3) is 0.500. The number of phenols is 1. The summed E-state index contributed by atoms with van der Waals surface area (Å²) >= 11 is 0. The van der Waals surface area contributed by atoms with Crippen LogP contribution in [-0.4, -0.2) is 22.9 Å². The first-order chi connectivity index (χ1) is 7.63. The predicted octanol–water partition coefficient (Wildman–Crippen LogP) is 1.78. The zero-order valence-corrected chi connectivity index (χ0v) is 9.41. The fourth-order valence-corrected chi connectivity index (χ4v) is 1.45. The van der Waals surface area contributed by atoms with Crippen molar-refractivity contribution in [3.8, 4) is 5.75 Å². The van der Waals surface area contributed by atoms with E-state index in [1.807, 2.05) is 6.92 Å². The van der Waals surface area contributed by atoms with Crippen molar-refractivity contribution in [3.63, 3.8) is 0 Å². The molecule has 0 aliphatic heterocycles. The summed E-state index contributed by atoms with van der Waals surface area (Å²) in [6.07, 6.45) is 1.65. The average molecular weight is 227 g/mol. The van der Waals surface area contributed by atoms with Crippen LogP contribution in [0.4, 0.5) is 4.39 Å². The Bertz CT molecular complexity index is 331. The first-order valence-corrected chi connectivity index (χ1v) is 5.45. The average Bonchev–Trinajstić information content (AvgIpc) is 2.28. The number of aromatic hydroxyl groups is 1. The van der Waals surface area contributed by atoms with Gasteiger partial charge in [-0.15, -0.1) is 0 Å². The molecule has 3 N–H and O–H groups in total. The van der Waals surface area contributed by atoms with Crippen molar-refractivity contribution < 1.29 is 14.6 Å². The highest BCUT2D eigenvalue weighted by atomic mass is 19.1. The predicted molar refractivity (Wildman–Crippen MR) is 60.7 cm³/mol. The monoisotopic (exact) mass is 227 g/mol. The minimum absolute atomic E-state index is 0.194. The molecule has 1 aromatic carbocycles. The van der Waals surface area contributed by atoms with E-state index in [0.717, 1.165) is 18.4 Å². The molecule has 0 spiro atoms. The molecule has 4 heteroatoms. The zero-order chi connectivity index (χ0) is 12.0. The Labute approximate surface area is 94.9 Å². The molecule has 1 rings (SSSR count). The van der Waals surface area contributed by atoms with Crippen LogP contribution in [0.3, 0.4) is 0 Å².